The highest BCUT2D eigenvalue weighted by Crippen LogP contribution is 2.41. The van der Waals surface area contributed by atoms with Gasteiger partial charge in [0.05, 0.1) is 0 Å². The van der Waals surface area contributed by atoms with E-state index in [9.17, 15) is 4.79 Å². The van der Waals surface area contributed by atoms with Crippen LogP contribution in [-0.2, 0) is 4.79 Å². The van der Waals surface area contributed by atoms with Crippen molar-refractivity contribution in [2.24, 2.45) is 5.73 Å². The molecule has 0 fully saturated rings. The van der Waals surface area contributed by atoms with E-state index < -0.39 is 18.6 Å². The van der Waals surface area contributed by atoms with Crippen LogP contribution in [-0.4, -0.2) is 32.7 Å². The second kappa shape index (κ2) is 3.41. The first-order valence-corrected chi connectivity index (χ1v) is 5.16. The van der Waals surface area contributed by atoms with E-state index in [1.807, 2.05) is 0 Å². The lowest BCUT2D eigenvalue weighted by molar-refractivity contribution is -0.136. The normalized spacial score (nSPS) is 14.4. The van der Waals surface area contributed by atoms with Crippen molar-refractivity contribution in [3.63, 3.8) is 0 Å². The highest BCUT2D eigenvalue weighted by Gasteiger charge is 2.12. The van der Waals surface area contributed by atoms with Crippen LogP contribution in [0.3, 0.4) is 0 Å². The Morgan fingerprint density at radius 1 is 1.70 bits per heavy atom. The molecule has 0 aliphatic rings. The minimum Gasteiger partial charge on any atom is -0.480 e. The zero-order valence-electron chi connectivity index (χ0n) is 4.88. The molecule has 0 aromatic carbocycles. The van der Waals surface area contributed by atoms with Crippen LogP contribution in [0.5, 0.6) is 0 Å². The van der Waals surface area contributed by atoms with Crippen molar-refractivity contribution in [2.45, 2.75) is 6.04 Å². The Balaban J connectivity index is 4.28. The van der Waals surface area contributed by atoms with Crippen LogP contribution in [0.25, 0.3) is 0 Å². The first kappa shape index (κ1) is 10.0. The van der Waals surface area contributed by atoms with Gasteiger partial charge in [0.2, 0.25) is 0 Å². The fourth-order valence-corrected chi connectivity index (χ4v) is 1.27. The number of carboxylic acids is 1. The van der Waals surface area contributed by atoms with E-state index >= 15 is 0 Å². The number of carbonyl (C=O) groups is 1. The summed E-state index contributed by atoms with van der Waals surface area (Å²) in [5, 5.41) is 8.15. The predicted octanol–water partition coefficient (Wildman–Crippen LogP) is -1.12. The number of aliphatic carboxylic acids is 1. The number of nitrogens with two attached hydrogens (primary N) is 1. The van der Waals surface area contributed by atoms with Crippen molar-refractivity contribution in [2.75, 3.05) is 0 Å². The molecule has 1 atom stereocenters. The molecule has 0 saturated carbocycles. The second-order valence-electron chi connectivity index (χ2n) is 1.63. The Bertz CT molecular complexity index is 179. The van der Waals surface area contributed by atoms with Crippen molar-refractivity contribution in [3.05, 3.63) is 0 Å². The molecule has 7 heteroatoms. The van der Waals surface area contributed by atoms with E-state index in [0.29, 0.717) is 5.80 Å². The predicted molar refractivity (Wildman–Crippen MR) is 42.0 cm³/mol. The quantitative estimate of drug-likeness (QED) is 0.277. The number of thiol groups is 1. The summed E-state index contributed by atoms with van der Waals surface area (Å²) in [6.07, 6.45) is 0. The van der Waals surface area contributed by atoms with Crippen molar-refractivity contribution < 1.29 is 19.7 Å². The molecule has 0 aliphatic carbocycles. The molecule has 0 rings (SSSR count). The first-order valence-electron chi connectivity index (χ1n) is 2.24. The van der Waals surface area contributed by atoms with E-state index in [1.165, 1.54) is 0 Å². The Kier molecular flexibility index (Phi) is 3.41. The van der Waals surface area contributed by atoms with Crippen LogP contribution < -0.4 is 5.73 Å². The maximum absolute atomic E-state index is 9.98. The molecule has 0 aromatic rings. The van der Waals surface area contributed by atoms with E-state index in [4.69, 9.17) is 20.6 Å². The molecule has 0 unspecified atom stereocenters. The van der Waals surface area contributed by atoms with E-state index in [0.717, 1.165) is 0 Å². The van der Waals surface area contributed by atoms with Crippen LogP contribution in [0, 0.1) is 0 Å². The molecule has 10 heavy (non-hydrogen) atoms. The molecule has 0 spiro atoms. The standard InChI is InChI=1S/C3H8NO4PS/c4-2(3(5)6)1-9(7,8)10/h1-2,7-8,10H,4H2,(H,5,6)/t2-/m1/s1. The Hall–Kier alpha value is 0. The molecule has 5 nitrogen and oxygen atoms in total. The molecule has 60 valence electrons. The molecule has 0 heterocycles. The van der Waals surface area contributed by atoms with E-state index in [-0.39, 0.29) is 0 Å². The molecule has 0 radical (unpaired) electrons. The number of hydrogen-bond donors (Lipinski definition) is 5. The number of hydrogen-bond acceptors (Lipinski definition) is 5. The maximum atomic E-state index is 9.98. The molecule has 0 aromatic heterocycles. The highest BCUT2D eigenvalue weighted by atomic mass is 32.7. The van der Waals surface area contributed by atoms with Crippen LogP contribution >= 0.6 is 18.8 Å². The number of rotatable bonds is 2. The van der Waals surface area contributed by atoms with Crippen LogP contribution in [0.2, 0.25) is 0 Å². The van der Waals surface area contributed by atoms with Gasteiger partial charge in [-0.3, -0.25) is 4.79 Å². The summed E-state index contributed by atoms with van der Waals surface area (Å²) in [6.45, 7) is -3.46. The molecular weight excluding hydrogens is 177 g/mol. The highest BCUT2D eigenvalue weighted by molar-refractivity contribution is 8.47. The summed E-state index contributed by atoms with van der Waals surface area (Å²) < 4.78 is 0. The fourth-order valence-electron chi connectivity index (χ4n) is 0.279. The van der Waals surface area contributed by atoms with Crippen molar-refractivity contribution in [1.29, 1.82) is 0 Å². The monoisotopic (exact) mass is 185 g/mol. The maximum Gasteiger partial charge on any atom is 0.324 e. The van der Waals surface area contributed by atoms with Crippen LogP contribution in [0.1, 0.15) is 0 Å². The third-order valence-electron chi connectivity index (χ3n) is 0.646. The van der Waals surface area contributed by atoms with Gasteiger partial charge in [0.15, 0.2) is 6.54 Å². The van der Waals surface area contributed by atoms with Gasteiger partial charge in [-0.15, -0.1) is 0 Å². The van der Waals surface area contributed by atoms with E-state index in [1.54, 1.807) is 0 Å². The molecular formula is C3H8NO4PS. The SMILES string of the molecule is N[C@H](C=P(O)(O)S)C(=O)O. The molecule has 0 saturated heterocycles. The van der Waals surface area contributed by atoms with Gasteiger partial charge in [0, 0.05) is 5.80 Å². The summed E-state index contributed by atoms with van der Waals surface area (Å²) in [7, 11) is 0. The first-order chi connectivity index (χ1) is 4.33. The summed E-state index contributed by atoms with van der Waals surface area (Å²) in [5.74, 6) is -0.625. The fraction of sp³-hybridized carbons (Fsp3) is 0.333. The average molecular weight is 185 g/mol. The number of carboxylic acid groups (broad SMARTS) is 1. The zero-order chi connectivity index (χ0) is 8.36. The molecule has 0 amide bonds. The smallest absolute Gasteiger partial charge is 0.324 e. The minimum absolute atomic E-state index is 0.693. The van der Waals surface area contributed by atoms with Gasteiger partial charge in [-0.25, -0.2) is 0 Å². The zero-order valence-corrected chi connectivity index (χ0v) is 6.67. The largest absolute Gasteiger partial charge is 0.480 e. The van der Waals surface area contributed by atoms with Crippen LogP contribution in [0.4, 0.5) is 0 Å². The van der Waals surface area contributed by atoms with Gasteiger partial charge < -0.3 is 20.6 Å². The molecule has 0 aliphatic heterocycles. The summed E-state index contributed by atoms with van der Waals surface area (Å²) in [6, 6.07) is -1.37. The van der Waals surface area contributed by atoms with Crippen molar-refractivity contribution in [1.82, 2.24) is 0 Å². The van der Waals surface area contributed by atoms with Gasteiger partial charge in [0.25, 0.3) is 0 Å². The van der Waals surface area contributed by atoms with Gasteiger partial charge in [0.1, 0.15) is 6.04 Å². The third-order valence-corrected chi connectivity index (χ3v) is 1.77. The topological polar surface area (TPSA) is 104 Å². The third kappa shape index (κ3) is 4.84. The van der Waals surface area contributed by atoms with Crippen LogP contribution in [0.15, 0.2) is 0 Å². The lowest BCUT2D eigenvalue weighted by atomic mass is 10.4. The average Bonchev–Trinajstić information content (AvgIpc) is 1.60. The summed E-state index contributed by atoms with van der Waals surface area (Å²) in [5.41, 5.74) is 4.91. The van der Waals surface area contributed by atoms with Gasteiger partial charge in [-0.05, 0) is 0 Å². The minimum atomic E-state index is -3.46. The lowest BCUT2D eigenvalue weighted by Crippen LogP contribution is -2.31. The summed E-state index contributed by atoms with van der Waals surface area (Å²) >= 11 is 3.31. The molecule has 5 N–H and O–H groups in total. The summed E-state index contributed by atoms with van der Waals surface area (Å²) in [4.78, 5) is 27.1. The van der Waals surface area contributed by atoms with E-state index in [2.05, 4.69) is 12.2 Å². The van der Waals surface area contributed by atoms with Gasteiger partial charge >= 0.3 is 5.97 Å². The second-order valence-corrected chi connectivity index (χ2v) is 4.92. The van der Waals surface area contributed by atoms with Gasteiger partial charge in [-0.2, -0.15) is 0 Å². The Morgan fingerprint density at radius 2 is 2.10 bits per heavy atom. The Labute approximate surface area is 62.8 Å². The lowest BCUT2D eigenvalue weighted by Gasteiger charge is -2.05. The van der Waals surface area contributed by atoms with Gasteiger partial charge in [-0.1, -0.05) is 12.2 Å². The Morgan fingerprint density at radius 3 is 2.20 bits per heavy atom. The van der Waals surface area contributed by atoms with Crippen molar-refractivity contribution in [3.8, 4) is 0 Å². The molecule has 0 bridgehead atoms. The van der Waals surface area contributed by atoms with Crippen molar-refractivity contribution >= 4 is 30.6 Å².